The Morgan fingerprint density at radius 2 is 2.25 bits per heavy atom. The molecule has 0 bridgehead atoms. The van der Waals surface area contributed by atoms with Gasteiger partial charge in [-0.2, -0.15) is 0 Å². The van der Waals surface area contributed by atoms with Crippen LogP contribution in [-0.4, -0.2) is 30.5 Å². The molecule has 1 aliphatic rings. The SMILES string of the molecule is COc1ccc(-c2nnc(C3CCCOC3)o2)cc1F. The highest BCUT2D eigenvalue weighted by molar-refractivity contribution is 5.54. The lowest BCUT2D eigenvalue weighted by molar-refractivity contribution is 0.0727. The van der Waals surface area contributed by atoms with E-state index in [1.165, 1.54) is 19.2 Å². The lowest BCUT2D eigenvalue weighted by atomic mass is 10.0. The van der Waals surface area contributed by atoms with Crippen molar-refractivity contribution in [1.29, 1.82) is 0 Å². The molecule has 0 saturated carbocycles. The van der Waals surface area contributed by atoms with Gasteiger partial charge in [-0.15, -0.1) is 10.2 Å². The van der Waals surface area contributed by atoms with Gasteiger partial charge in [-0.1, -0.05) is 0 Å². The van der Waals surface area contributed by atoms with Crippen molar-refractivity contribution in [3.05, 3.63) is 29.9 Å². The first-order chi connectivity index (χ1) is 9.78. The summed E-state index contributed by atoms with van der Waals surface area (Å²) in [6.07, 6.45) is 1.96. The molecule has 106 valence electrons. The minimum absolute atomic E-state index is 0.132. The van der Waals surface area contributed by atoms with E-state index in [1.54, 1.807) is 6.07 Å². The van der Waals surface area contributed by atoms with Crippen molar-refractivity contribution in [2.45, 2.75) is 18.8 Å². The molecule has 6 heteroatoms. The van der Waals surface area contributed by atoms with Gasteiger partial charge in [0.2, 0.25) is 11.8 Å². The maximum Gasteiger partial charge on any atom is 0.247 e. The smallest absolute Gasteiger partial charge is 0.247 e. The first-order valence-electron chi connectivity index (χ1n) is 6.53. The molecule has 0 amide bonds. The van der Waals surface area contributed by atoms with Crippen LogP contribution in [0.15, 0.2) is 22.6 Å². The molecule has 1 fully saturated rings. The van der Waals surface area contributed by atoms with Gasteiger partial charge in [-0.3, -0.25) is 0 Å². The number of aromatic nitrogens is 2. The number of benzene rings is 1. The normalized spacial score (nSPS) is 19.0. The predicted molar refractivity (Wildman–Crippen MR) is 69.0 cm³/mol. The monoisotopic (exact) mass is 278 g/mol. The van der Waals surface area contributed by atoms with Crippen molar-refractivity contribution in [3.63, 3.8) is 0 Å². The number of halogens is 1. The van der Waals surface area contributed by atoms with E-state index in [0.29, 0.717) is 24.0 Å². The zero-order valence-corrected chi connectivity index (χ0v) is 11.1. The second kappa shape index (κ2) is 5.58. The summed E-state index contributed by atoms with van der Waals surface area (Å²) in [5.74, 6) is 0.732. The Bertz CT molecular complexity index is 594. The van der Waals surface area contributed by atoms with Gasteiger partial charge in [-0.25, -0.2) is 4.39 Å². The van der Waals surface area contributed by atoms with Crippen LogP contribution in [0, 0.1) is 5.82 Å². The van der Waals surface area contributed by atoms with Gasteiger partial charge in [0.1, 0.15) is 0 Å². The number of hydrogen-bond acceptors (Lipinski definition) is 5. The quantitative estimate of drug-likeness (QED) is 0.864. The van der Waals surface area contributed by atoms with Gasteiger partial charge < -0.3 is 13.9 Å². The van der Waals surface area contributed by atoms with Crippen LogP contribution in [0.3, 0.4) is 0 Å². The van der Waals surface area contributed by atoms with Gasteiger partial charge in [-0.05, 0) is 31.0 Å². The van der Waals surface area contributed by atoms with Crippen LogP contribution in [-0.2, 0) is 4.74 Å². The lowest BCUT2D eigenvalue weighted by Gasteiger charge is -2.18. The molecule has 3 rings (SSSR count). The fraction of sp³-hybridized carbons (Fsp3) is 0.429. The Hall–Kier alpha value is -1.95. The molecule has 2 heterocycles. The fourth-order valence-corrected chi connectivity index (χ4v) is 2.25. The van der Waals surface area contributed by atoms with E-state index >= 15 is 0 Å². The summed E-state index contributed by atoms with van der Waals surface area (Å²) in [6.45, 7) is 1.37. The minimum atomic E-state index is -0.453. The third-order valence-electron chi connectivity index (χ3n) is 3.35. The van der Waals surface area contributed by atoms with Crippen LogP contribution in [0.25, 0.3) is 11.5 Å². The molecule has 1 aromatic carbocycles. The zero-order chi connectivity index (χ0) is 13.9. The van der Waals surface area contributed by atoms with E-state index in [0.717, 1.165) is 19.4 Å². The highest BCUT2D eigenvalue weighted by Gasteiger charge is 2.22. The van der Waals surface area contributed by atoms with E-state index in [-0.39, 0.29) is 11.7 Å². The van der Waals surface area contributed by atoms with Crippen LogP contribution in [0.5, 0.6) is 5.75 Å². The largest absolute Gasteiger partial charge is 0.494 e. The third-order valence-corrected chi connectivity index (χ3v) is 3.35. The number of hydrogen-bond donors (Lipinski definition) is 0. The summed E-state index contributed by atoms with van der Waals surface area (Å²) in [6, 6.07) is 4.56. The molecular formula is C14H15FN2O3. The Kier molecular flexibility index (Phi) is 3.64. The topological polar surface area (TPSA) is 57.4 Å². The highest BCUT2D eigenvalue weighted by atomic mass is 19.1. The van der Waals surface area contributed by atoms with Crippen molar-refractivity contribution in [1.82, 2.24) is 10.2 Å². The Morgan fingerprint density at radius 1 is 1.35 bits per heavy atom. The molecule has 1 aliphatic heterocycles. The predicted octanol–water partition coefficient (Wildman–Crippen LogP) is 2.78. The van der Waals surface area contributed by atoms with E-state index in [2.05, 4.69) is 10.2 Å². The standard InChI is InChI=1S/C14H15FN2O3/c1-18-12-5-4-9(7-11(12)15)13-16-17-14(20-13)10-3-2-6-19-8-10/h4-5,7,10H,2-3,6,8H2,1H3. The molecule has 1 saturated heterocycles. The fourth-order valence-electron chi connectivity index (χ4n) is 2.25. The molecule has 0 radical (unpaired) electrons. The van der Waals surface area contributed by atoms with Crippen LogP contribution in [0.2, 0.25) is 0 Å². The molecule has 20 heavy (non-hydrogen) atoms. The maximum atomic E-state index is 13.7. The van der Waals surface area contributed by atoms with E-state index < -0.39 is 5.82 Å². The zero-order valence-electron chi connectivity index (χ0n) is 11.1. The molecule has 0 spiro atoms. The molecule has 1 unspecified atom stereocenters. The van der Waals surface area contributed by atoms with E-state index in [9.17, 15) is 4.39 Å². The van der Waals surface area contributed by atoms with Crippen molar-refractivity contribution < 1.29 is 18.3 Å². The average molecular weight is 278 g/mol. The molecule has 0 N–H and O–H groups in total. The van der Waals surface area contributed by atoms with Gasteiger partial charge >= 0.3 is 0 Å². The van der Waals surface area contributed by atoms with E-state index in [1.807, 2.05) is 0 Å². The summed E-state index contributed by atoms with van der Waals surface area (Å²) < 4.78 is 29.6. The molecule has 1 atom stereocenters. The summed E-state index contributed by atoms with van der Waals surface area (Å²) >= 11 is 0. The molecule has 0 aliphatic carbocycles. The first kappa shape index (κ1) is 13.1. The van der Waals surface area contributed by atoms with Gasteiger partial charge in [0, 0.05) is 12.2 Å². The summed E-state index contributed by atoms with van der Waals surface area (Å²) in [5, 5.41) is 8.02. The summed E-state index contributed by atoms with van der Waals surface area (Å²) in [4.78, 5) is 0. The van der Waals surface area contributed by atoms with E-state index in [4.69, 9.17) is 13.9 Å². The second-order valence-corrected chi connectivity index (χ2v) is 4.71. The Balaban J connectivity index is 1.84. The van der Waals surface area contributed by atoms with Crippen LogP contribution in [0.4, 0.5) is 4.39 Å². The molecule has 5 nitrogen and oxygen atoms in total. The van der Waals surface area contributed by atoms with Crippen LogP contribution in [0.1, 0.15) is 24.7 Å². The second-order valence-electron chi connectivity index (χ2n) is 4.71. The van der Waals surface area contributed by atoms with Crippen LogP contribution < -0.4 is 4.74 Å². The Morgan fingerprint density at radius 3 is 2.95 bits per heavy atom. The van der Waals surface area contributed by atoms with Gasteiger partial charge in [0.05, 0.1) is 19.6 Å². The maximum absolute atomic E-state index is 13.7. The first-order valence-corrected chi connectivity index (χ1v) is 6.53. The van der Waals surface area contributed by atoms with Gasteiger partial charge in [0.25, 0.3) is 0 Å². The van der Waals surface area contributed by atoms with Crippen molar-refractivity contribution in [3.8, 4) is 17.2 Å². The Labute approximate surface area is 115 Å². The third kappa shape index (κ3) is 2.51. The lowest BCUT2D eigenvalue weighted by Crippen LogP contribution is -2.15. The minimum Gasteiger partial charge on any atom is -0.494 e. The highest BCUT2D eigenvalue weighted by Crippen LogP contribution is 2.29. The number of methoxy groups -OCH3 is 1. The van der Waals surface area contributed by atoms with Crippen molar-refractivity contribution in [2.24, 2.45) is 0 Å². The number of nitrogens with zero attached hydrogens (tertiary/aromatic N) is 2. The number of rotatable bonds is 3. The van der Waals surface area contributed by atoms with Gasteiger partial charge in [0.15, 0.2) is 11.6 Å². The van der Waals surface area contributed by atoms with Crippen LogP contribution >= 0.6 is 0 Å². The van der Waals surface area contributed by atoms with Crippen molar-refractivity contribution in [2.75, 3.05) is 20.3 Å². The average Bonchev–Trinajstić information content (AvgIpc) is 2.98. The molecular weight excluding hydrogens is 263 g/mol. The molecule has 1 aromatic heterocycles. The molecule has 2 aromatic rings. The summed E-state index contributed by atoms with van der Waals surface area (Å²) in [5.41, 5.74) is 0.541. The summed E-state index contributed by atoms with van der Waals surface area (Å²) in [7, 11) is 1.42. The number of ether oxygens (including phenoxy) is 2. The van der Waals surface area contributed by atoms with Crippen molar-refractivity contribution >= 4 is 0 Å².